The Balaban J connectivity index is 1.69. The number of aryl methyl sites for hydroxylation is 1. The predicted octanol–water partition coefficient (Wildman–Crippen LogP) is 2.34. The average Bonchev–Trinajstić information content (AvgIpc) is 2.94. The maximum atomic E-state index is 5.76. The Kier molecular flexibility index (Phi) is 4.22. The number of rotatable bonds is 4. The summed E-state index contributed by atoms with van der Waals surface area (Å²) in [6, 6.07) is 0. The highest BCUT2D eigenvalue weighted by molar-refractivity contribution is 5.48. The number of aromatic nitrogens is 4. The molecule has 1 fully saturated rings. The molecule has 0 spiro atoms. The first-order valence-corrected chi connectivity index (χ1v) is 7.66. The first-order chi connectivity index (χ1) is 10.6. The van der Waals surface area contributed by atoms with Crippen LogP contribution in [-0.2, 0) is 0 Å². The van der Waals surface area contributed by atoms with E-state index < -0.39 is 0 Å². The van der Waals surface area contributed by atoms with Gasteiger partial charge in [-0.1, -0.05) is 5.16 Å². The third-order valence-electron chi connectivity index (χ3n) is 3.68. The van der Waals surface area contributed by atoms with E-state index >= 15 is 0 Å². The Morgan fingerprint density at radius 1 is 1.23 bits per heavy atom. The Labute approximate surface area is 129 Å². The standard InChI is InChI=1S/C15H21N5O2/c1-10(2)21-15-13(16-6-7-17-15)20-8-4-12(5-9-20)14-18-11(3)19-22-14/h6-7,10,12H,4-5,8-9H2,1-3H3. The van der Waals surface area contributed by atoms with E-state index in [0.717, 1.165) is 37.6 Å². The molecule has 2 aromatic rings. The van der Waals surface area contributed by atoms with Gasteiger partial charge in [0.05, 0.1) is 6.10 Å². The maximum Gasteiger partial charge on any atom is 0.257 e. The fraction of sp³-hybridized carbons (Fsp3) is 0.600. The van der Waals surface area contributed by atoms with Crippen LogP contribution in [0.25, 0.3) is 0 Å². The van der Waals surface area contributed by atoms with Gasteiger partial charge in [-0.2, -0.15) is 4.98 Å². The predicted molar refractivity (Wildman–Crippen MR) is 81.0 cm³/mol. The minimum atomic E-state index is 0.0781. The van der Waals surface area contributed by atoms with E-state index in [1.165, 1.54) is 0 Å². The molecule has 0 amide bonds. The molecule has 0 saturated carbocycles. The zero-order chi connectivity index (χ0) is 15.5. The van der Waals surface area contributed by atoms with E-state index in [1.54, 1.807) is 12.4 Å². The molecule has 0 bridgehead atoms. The third kappa shape index (κ3) is 3.18. The molecule has 1 aliphatic rings. The molecule has 0 N–H and O–H groups in total. The van der Waals surface area contributed by atoms with Crippen molar-refractivity contribution in [3.05, 3.63) is 24.1 Å². The van der Waals surface area contributed by atoms with E-state index in [1.807, 2.05) is 20.8 Å². The number of nitrogens with zero attached hydrogens (tertiary/aromatic N) is 5. The summed E-state index contributed by atoms with van der Waals surface area (Å²) in [6.07, 6.45) is 5.36. The van der Waals surface area contributed by atoms with E-state index in [9.17, 15) is 0 Å². The molecule has 1 aliphatic heterocycles. The van der Waals surface area contributed by atoms with Crippen molar-refractivity contribution in [1.29, 1.82) is 0 Å². The Hall–Kier alpha value is -2.18. The van der Waals surface area contributed by atoms with E-state index in [4.69, 9.17) is 9.26 Å². The summed E-state index contributed by atoms with van der Waals surface area (Å²) >= 11 is 0. The normalized spacial score (nSPS) is 16.3. The van der Waals surface area contributed by atoms with Crippen LogP contribution in [0.4, 0.5) is 5.82 Å². The van der Waals surface area contributed by atoms with Crippen LogP contribution in [0.1, 0.15) is 44.3 Å². The average molecular weight is 303 g/mol. The van der Waals surface area contributed by atoms with Gasteiger partial charge in [-0.05, 0) is 33.6 Å². The molecule has 22 heavy (non-hydrogen) atoms. The number of hydrogen-bond acceptors (Lipinski definition) is 7. The van der Waals surface area contributed by atoms with Crippen LogP contribution < -0.4 is 9.64 Å². The van der Waals surface area contributed by atoms with Crippen molar-refractivity contribution < 1.29 is 9.26 Å². The number of ether oxygens (including phenoxy) is 1. The van der Waals surface area contributed by atoms with Crippen molar-refractivity contribution >= 4 is 5.82 Å². The summed E-state index contributed by atoms with van der Waals surface area (Å²) in [5.41, 5.74) is 0. The lowest BCUT2D eigenvalue weighted by molar-refractivity contribution is 0.231. The lowest BCUT2D eigenvalue weighted by Gasteiger charge is -2.31. The Bertz CT molecular complexity index is 620. The van der Waals surface area contributed by atoms with Crippen LogP contribution in [0.3, 0.4) is 0 Å². The second-order valence-electron chi connectivity index (χ2n) is 5.79. The van der Waals surface area contributed by atoms with E-state index in [0.29, 0.717) is 17.6 Å². The van der Waals surface area contributed by atoms with Gasteiger partial charge in [0, 0.05) is 31.4 Å². The van der Waals surface area contributed by atoms with Gasteiger partial charge in [-0.15, -0.1) is 0 Å². The zero-order valence-corrected chi connectivity index (χ0v) is 13.2. The Morgan fingerprint density at radius 3 is 2.59 bits per heavy atom. The molecule has 0 aromatic carbocycles. The molecule has 0 atom stereocenters. The van der Waals surface area contributed by atoms with Gasteiger partial charge in [0.15, 0.2) is 11.6 Å². The quantitative estimate of drug-likeness (QED) is 0.857. The highest BCUT2D eigenvalue weighted by atomic mass is 16.5. The van der Waals surface area contributed by atoms with Crippen molar-refractivity contribution in [3.8, 4) is 5.88 Å². The topological polar surface area (TPSA) is 77.2 Å². The number of hydrogen-bond donors (Lipinski definition) is 0. The molecule has 3 rings (SSSR count). The van der Waals surface area contributed by atoms with Crippen LogP contribution in [0.2, 0.25) is 0 Å². The lowest BCUT2D eigenvalue weighted by atomic mass is 9.97. The van der Waals surface area contributed by atoms with E-state index in [2.05, 4.69) is 25.0 Å². The summed E-state index contributed by atoms with van der Waals surface area (Å²) in [6.45, 7) is 7.57. The molecular formula is C15H21N5O2. The minimum absolute atomic E-state index is 0.0781. The van der Waals surface area contributed by atoms with Gasteiger partial charge < -0.3 is 14.2 Å². The largest absolute Gasteiger partial charge is 0.472 e. The molecule has 1 saturated heterocycles. The maximum absolute atomic E-state index is 5.76. The summed E-state index contributed by atoms with van der Waals surface area (Å²) in [4.78, 5) is 15.3. The van der Waals surface area contributed by atoms with Gasteiger partial charge >= 0.3 is 0 Å². The van der Waals surface area contributed by atoms with Crippen LogP contribution in [0.15, 0.2) is 16.9 Å². The molecule has 0 unspecified atom stereocenters. The van der Waals surface area contributed by atoms with Crippen molar-refractivity contribution in [2.75, 3.05) is 18.0 Å². The highest BCUT2D eigenvalue weighted by Crippen LogP contribution is 2.32. The zero-order valence-electron chi connectivity index (χ0n) is 13.2. The van der Waals surface area contributed by atoms with Crippen LogP contribution >= 0.6 is 0 Å². The summed E-state index contributed by atoms with van der Waals surface area (Å²) in [5, 5.41) is 3.87. The molecule has 7 heteroatoms. The van der Waals surface area contributed by atoms with Crippen LogP contribution in [0.5, 0.6) is 5.88 Å². The summed E-state index contributed by atoms with van der Waals surface area (Å²) in [5.74, 6) is 3.18. The van der Waals surface area contributed by atoms with Gasteiger partial charge in [-0.25, -0.2) is 9.97 Å². The van der Waals surface area contributed by atoms with Crippen LogP contribution in [-0.4, -0.2) is 39.3 Å². The smallest absolute Gasteiger partial charge is 0.257 e. The molecule has 2 aromatic heterocycles. The van der Waals surface area contributed by atoms with Crippen molar-refractivity contribution in [2.24, 2.45) is 0 Å². The number of anilines is 1. The first-order valence-electron chi connectivity index (χ1n) is 7.66. The SMILES string of the molecule is Cc1noc(C2CCN(c3nccnc3OC(C)C)CC2)n1. The monoisotopic (exact) mass is 303 g/mol. The molecule has 7 nitrogen and oxygen atoms in total. The molecular weight excluding hydrogens is 282 g/mol. The minimum Gasteiger partial charge on any atom is -0.472 e. The molecule has 3 heterocycles. The molecule has 0 aliphatic carbocycles. The Morgan fingerprint density at radius 2 is 1.95 bits per heavy atom. The highest BCUT2D eigenvalue weighted by Gasteiger charge is 2.27. The second kappa shape index (κ2) is 6.29. The van der Waals surface area contributed by atoms with Gasteiger partial charge in [-0.3, -0.25) is 0 Å². The second-order valence-corrected chi connectivity index (χ2v) is 5.79. The van der Waals surface area contributed by atoms with Crippen LogP contribution in [0, 0.1) is 6.92 Å². The van der Waals surface area contributed by atoms with Gasteiger partial charge in [0.2, 0.25) is 5.89 Å². The van der Waals surface area contributed by atoms with Crippen molar-refractivity contribution in [2.45, 2.75) is 45.6 Å². The lowest BCUT2D eigenvalue weighted by Crippen LogP contribution is -2.34. The fourth-order valence-corrected chi connectivity index (χ4v) is 2.66. The molecule has 0 radical (unpaired) electrons. The summed E-state index contributed by atoms with van der Waals surface area (Å²) in [7, 11) is 0. The van der Waals surface area contributed by atoms with E-state index in [-0.39, 0.29) is 6.10 Å². The van der Waals surface area contributed by atoms with Gasteiger partial charge in [0.1, 0.15) is 0 Å². The summed E-state index contributed by atoms with van der Waals surface area (Å²) < 4.78 is 11.0. The number of piperidine rings is 1. The van der Waals surface area contributed by atoms with Crippen molar-refractivity contribution in [1.82, 2.24) is 20.1 Å². The van der Waals surface area contributed by atoms with Crippen molar-refractivity contribution in [3.63, 3.8) is 0 Å². The van der Waals surface area contributed by atoms with Gasteiger partial charge in [0.25, 0.3) is 5.88 Å². The fourth-order valence-electron chi connectivity index (χ4n) is 2.66. The molecule has 118 valence electrons. The first kappa shape index (κ1) is 14.7. The third-order valence-corrected chi connectivity index (χ3v) is 3.68.